The Morgan fingerprint density at radius 3 is 2.73 bits per heavy atom. The number of hydrogen-bond acceptors (Lipinski definition) is 5. The summed E-state index contributed by atoms with van der Waals surface area (Å²) in [7, 11) is -1.18. The minimum Gasteiger partial charge on any atom is -0.444 e. The van der Waals surface area contributed by atoms with Gasteiger partial charge in [-0.3, -0.25) is 9.19 Å². The van der Waals surface area contributed by atoms with Crippen molar-refractivity contribution in [3.05, 3.63) is 18.1 Å². The zero-order chi connectivity index (χ0) is 16.3. The lowest BCUT2D eigenvalue weighted by Gasteiger charge is -2.24. The number of aryl methyl sites for hydroxylation is 1. The smallest absolute Gasteiger partial charge is 0.410 e. The molecule has 2 heterocycles. The molecule has 0 aromatic carbocycles. The summed E-state index contributed by atoms with van der Waals surface area (Å²) in [6.45, 7) is 8.59. The highest BCUT2D eigenvalue weighted by atomic mass is 32.2. The van der Waals surface area contributed by atoms with E-state index in [1.54, 1.807) is 17.3 Å². The molecule has 0 N–H and O–H groups in total. The molecule has 7 heteroatoms. The first-order chi connectivity index (χ1) is 10.3. The summed E-state index contributed by atoms with van der Waals surface area (Å²) in [5.74, 6) is 0.702. The maximum Gasteiger partial charge on any atom is 0.410 e. The monoisotopic (exact) mass is 325 g/mol. The zero-order valence-electron chi connectivity index (χ0n) is 13.5. The lowest BCUT2D eigenvalue weighted by molar-refractivity contribution is 0.0289. The van der Waals surface area contributed by atoms with E-state index in [0.29, 0.717) is 29.6 Å². The van der Waals surface area contributed by atoms with Gasteiger partial charge in [0, 0.05) is 31.2 Å². The Morgan fingerprint density at radius 2 is 2.09 bits per heavy atom. The zero-order valence-corrected chi connectivity index (χ0v) is 14.4. The van der Waals surface area contributed by atoms with Crippen molar-refractivity contribution in [2.24, 2.45) is 5.92 Å². The van der Waals surface area contributed by atoms with Crippen molar-refractivity contribution in [1.82, 2.24) is 14.9 Å². The van der Waals surface area contributed by atoms with E-state index in [4.69, 9.17) is 4.74 Å². The summed E-state index contributed by atoms with van der Waals surface area (Å²) in [5.41, 5.74) is 0.206. The van der Waals surface area contributed by atoms with Crippen LogP contribution in [0.25, 0.3) is 0 Å². The van der Waals surface area contributed by atoms with Gasteiger partial charge in [-0.25, -0.2) is 9.78 Å². The molecular weight excluding hydrogens is 302 g/mol. The molecule has 1 fully saturated rings. The Kier molecular flexibility index (Phi) is 5.16. The van der Waals surface area contributed by atoms with Crippen LogP contribution in [0.3, 0.4) is 0 Å². The molecule has 1 amide bonds. The highest BCUT2D eigenvalue weighted by molar-refractivity contribution is 7.85. The summed E-state index contributed by atoms with van der Waals surface area (Å²) >= 11 is 0. The van der Waals surface area contributed by atoms with E-state index in [0.717, 1.165) is 6.42 Å². The molecule has 0 spiro atoms. The maximum absolute atomic E-state index is 12.4. The maximum atomic E-state index is 12.4. The highest BCUT2D eigenvalue weighted by Gasteiger charge is 2.31. The van der Waals surface area contributed by atoms with E-state index in [1.807, 2.05) is 27.7 Å². The highest BCUT2D eigenvalue weighted by Crippen LogP contribution is 2.22. The molecule has 2 unspecified atom stereocenters. The summed E-state index contributed by atoms with van der Waals surface area (Å²) in [6.07, 6.45) is 3.69. The lowest BCUT2D eigenvalue weighted by atomic mass is 10.2. The molecule has 0 aliphatic carbocycles. The Labute approximate surface area is 133 Å². The summed E-state index contributed by atoms with van der Waals surface area (Å²) in [4.78, 5) is 22.0. The number of nitrogens with zero attached hydrogens (tertiary/aromatic N) is 3. The predicted octanol–water partition coefficient (Wildman–Crippen LogP) is 2.15. The van der Waals surface area contributed by atoms with Crippen LogP contribution in [-0.2, 0) is 15.5 Å². The number of aromatic nitrogens is 2. The van der Waals surface area contributed by atoms with Gasteiger partial charge in [0.2, 0.25) is 0 Å². The van der Waals surface area contributed by atoms with Gasteiger partial charge in [-0.2, -0.15) is 0 Å². The predicted molar refractivity (Wildman–Crippen MR) is 84.0 cm³/mol. The van der Waals surface area contributed by atoms with Crippen LogP contribution in [0, 0.1) is 12.8 Å². The number of carbonyl (C=O) groups excluding carboxylic acids is 1. The summed E-state index contributed by atoms with van der Waals surface area (Å²) < 4.78 is 17.8. The first-order valence-electron chi connectivity index (χ1n) is 7.40. The largest absolute Gasteiger partial charge is 0.444 e. The number of carbonyl (C=O) groups is 1. The molecule has 2 atom stereocenters. The number of likely N-dealkylation sites (tertiary alicyclic amines) is 1. The molecule has 0 bridgehead atoms. The molecule has 2 rings (SSSR count). The van der Waals surface area contributed by atoms with Crippen molar-refractivity contribution >= 4 is 16.9 Å². The van der Waals surface area contributed by atoms with Crippen molar-refractivity contribution in [2.75, 3.05) is 18.8 Å². The van der Waals surface area contributed by atoms with Crippen molar-refractivity contribution in [3.8, 4) is 0 Å². The second kappa shape index (κ2) is 6.73. The molecule has 1 aliphatic heterocycles. The lowest BCUT2D eigenvalue weighted by Crippen LogP contribution is -2.35. The molecule has 22 heavy (non-hydrogen) atoms. The van der Waals surface area contributed by atoms with Crippen LogP contribution < -0.4 is 0 Å². The third-order valence-electron chi connectivity index (χ3n) is 3.38. The number of ether oxygens (including phenoxy) is 1. The summed E-state index contributed by atoms with van der Waals surface area (Å²) in [5, 5.41) is 0.540. The number of amides is 1. The summed E-state index contributed by atoms with van der Waals surface area (Å²) in [6, 6.07) is 0. The quantitative estimate of drug-likeness (QED) is 0.851. The van der Waals surface area contributed by atoms with Gasteiger partial charge in [0.1, 0.15) is 10.6 Å². The number of hydrogen-bond donors (Lipinski definition) is 0. The fourth-order valence-corrected chi connectivity index (χ4v) is 3.79. The van der Waals surface area contributed by atoms with E-state index in [2.05, 4.69) is 9.97 Å². The minimum atomic E-state index is -1.18. The first-order valence-corrected chi connectivity index (χ1v) is 8.72. The molecule has 0 radical (unpaired) electrons. The van der Waals surface area contributed by atoms with E-state index in [1.165, 1.54) is 0 Å². The van der Waals surface area contributed by atoms with Crippen molar-refractivity contribution in [3.63, 3.8) is 0 Å². The molecule has 1 saturated heterocycles. The SMILES string of the molecule is Cc1nccnc1S(=O)CC1CCN(C(=O)OC(C)(C)C)C1. The molecule has 1 aromatic rings. The topological polar surface area (TPSA) is 72.4 Å². The van der Waals surface area contributed by atoms with Gasteiger partial charge in [0.25, 0.3) is 0 Å². The van der Waals surface area contributed by atoms with E-state index in [9.17, 15) is 9.00 Å². The third kappa shape index (κ3) is 4.50. The van der Waals surface area contributed by atoms with Crippen LogP contribution in [0.4, 0.5) is 4.79 Å². The van der Waals surface area contributed by atoms with Crippen LogP contribution in [0.1, 0.15) is 32.9 Å². The van der Waals surface area contributed by atoms with Gasteiger partial charge in [0.05, 0.1) is 16.5 Å². The Morgan fingerprint density at radius 1 is 1.41 bits per heavy atom. The van der Waals surface area contributed by atoms with Gasteiger partial charge >= 0.3 is 6.09 Å². The van der Waals surface area contributed by atoms with E-state index >= 15 is 0 Å². The number of rotatable bonds is 3. The van der Waals surface area contributed by atoms with Crippen molar-refractivity contribution < 1.29 is 13.7 Å². The van der Waals surface area contributed by atoms with Crippen molar-refractivity contribution in [2.45, 2.75) is 44.7 Å². The van der Waals surface area contributed by atoms with Gasteiger partial charge in [-0.15, -0.1) is 0 Å². The van der Waals surface area contributed by atoms with Gasteiger partial charge in [-0.05, 0) is 40.0 Å². The standard InChI is InChI=1S/C15H23N3O3S/c1-11-13(17-7-6-16-11)22(20)10-12-5-8-18(9-12)14(19)21-15(2,3)4/h6-7,12H,5,8-10H2,1-4H3. The molecule has 1 aromatic heterocycles. The first kappa shape index (κ1) is 16.9. The van der Waals surface area contributed by atoms with E-state index < -0.39 is 16.4 Å². The third-order valence-corrected chi connectivity index (χ3v) is 4.98. The molecular formula is C15H23N3O3S. The second-order valence-corrected chi connectivity index (χ2v) is 7.95. The van der Waals surface area contributed by atoms with Gasteiger partial charge in [-0.1, -0.05) is 0 Å². The molecule has 1 aliphatic rings. The van der Waals surface area contributed by atoms with Crippen LogP contribution in [0.2, 0.25) is 0 Å². The van der Waals surface area contributed by atoms with E-state index in [-0.39, 0.29) is 12.0 Å². The Bertz CT molecular complexity index is 571. The van der Waals surface area contributed by atoms with Crippen LogP contribution in [0.5, 0.6) is 0 Å². The molecule has 6 nitrogen and oxygen atoms in total. The van der Waals surface area contributed by atoms with Gasteiger partial charge in [0.15, 0.2) is 0 Å². The Hall–Kier alpha value is -1.50. The fraction of sp³-hybridized carbons (Fsp3) is 0.667. The van der Waals surface area contributed by atoms with Crippen molar-refractivity contribution in [1.29, 1.82) is 0 Å². The average molecular weight is 325 g/mol. The van der Waals surface area contributed by atoms with Crippen LogP contribution in [-0.4, -0.2) is 49.6 Å². The molecule has 0 saturated carbocycles. The Balaban J connectivity index is 1.90. The average Bonchev–Trinajstić information content (AvgIpc) is 2.85. The second-order valence-electron chi connectivity index (χ2n) is 6.54. The molecule has 122 valence electrons. The van der Waals surface area contributed by atoms with Crippen LogP contribution in [0.15, 0.2) is 17.4 Å². The van der Waals surface area contributed by atoms with Gasteiger partial charge < -0.3 is 9.64 Å². The normalized spacial score (nSPS) is 20.0. The fourth-order valence-electron chi connectivity index (χ4n) is 2.37. The minimum absolute atomic E-state index is 0.203. The van der Waals surface area contributed by atoms with Crippen LogP contribution >= 0.6 is 0 Å².